The monoisotopic (exact) mass is 635 g/mol. The van der Waals surface area contributed by atoms with Gasteiger partial charge in [0.05, 0.1) is 22.3 Å². The van der Waals surface area contributed by atoms with Gasteiger partial charge in [-0.2, -0.15) is 26.3 Å². The van der Waals surface area contributed by atoms with E-state index in [1.54, 1.807) is 18.7 Å². The summed E-state index contributed by atoms with van der Waals surface area (Å²) in [5, 5.41) is 5.28. The fourth-order valence-corrected chi connectivity index (χ4v) is 5.06. The standard InChI is InChI=1S/C29H29ClF7N3O3/c1-4-23(39-43-27(3,29(35,36)37)21-10-18(28(32,33)34)11-22(30)25(21)31)17-7-8-20(15(2)9-17)26(42)38-19-12-24(41)40(14-19)13-16-5-6-16/h7-11,16,19H,4-6,12-14H2,1-3H3,(H,38,42)/b39-23+/t19-,27?/m0/s1. The molecule has 2 fully saturated rings. The second kappa shape index (κ2) is 12.0. The topological polar surface area (TPSA) is 71.0 Å². The van der Waals surface area contributed by atoms with Crippen molar-refractivity contribution in [1.82, 2.24) is 10.2 Å². The van der Waals surface area contributed by atoms with Crippen LogP contribution in [0.5, 0.6) is 0 Å². The lowest BCUT2D eigenvalue weighted by Crippen LogP contribution is -2.42. The highest BCUT2D eigenvalue weighted by Crippen LogP contribution is 2.46. The number of alkyl halides is 6. The van der Waals surface area contributed by atoms with Crippen molar-refractivity contribution in [2.24, 2.45) is 11.1 Å². The van der Waals surface area contributed by atoms with E-state index in [1.165, 1.54) is 18.2 Å². The Hall–Kier alpha value is -3.35. The average molecular weight is 636 g/mol. The summed E-state index contributed by atoms with van der Waals surface area (Å²) in [7, 11) is 0. The molecule has 234 valence electrons. The molecule has 43 heavy (non-hydrogen) atoms. The van der Waals surface area contributed by atoms with Gasteiger partial charge in [-0.1, -0.05) is 29.7 Å². The molecular formula is C29H29ClF7N3O3. The highest BCUT2D eigenvalue weighted by atomic mass is 35.5. The van der Waals surface area contributed by atoms with Crippen molar-refractivity contribution in [1.29, 1.82) is 0 Å². The highest BCUT2D eigenvalue weighted by Gasteiger charge is 2.58. The third kappa shape index (κ3) is 7.08. The van der Waals surface area contributed by atoms with E-state index in [1.807, 2.05) is 0 Å². The number of aryl methyl sites for hydroxylation is 1. The Kier molecular flexibility index (Phi) is 9.07. The van der Waals surface area contributed by atoms with Crippen molar-refractivity contribution in [2.45, 2.75) is 70.4 Å². The molecule has 0 bridgehead atoms. The molecule has 4 rings (SSSR count). The van der Waals surface area contributed by atoms with Gasteiger partial charge in [0.25, 0.3) is 11.5 Å². The molecule has 6 nitrogen and oxygen atoms in total. The van der Waals surface area contributed by atoms with Crippen molar-refractivity contribution in [3.05, 3.63) is 69.0 Å². The summed E-state index contributed by atoms with van der Waals surface area (Å²) in [6.07, 6.45) is -8.12. The lowest BCUT2D eigenvalue weighted by atomic mass is 9.92. The van der Waals surface area contributed by atoms with Crippen LogP contribution in [0.4, 0.5) is 30.7 Å². The van der Waals surface area contributed by atoms with Crippen LogP contribution in [0.2, 0.25) is 5.02 Å². The second-order valence-electron chi connectivity index (χ2n) is 11.0. The van der Waals surface area contributed by atoms with Gasteiger partial charge in [0.1, 0.15) is 5.82 Å². The van der Waals surface area contributed by atoms with E-state index in [4.69, 9.17) is 16.4 Å². The van der Waals surface area contributed by atoms with Gasteiger partial charge in [-0.3, -0.25) is 9.59 Å². The number of rotatable bonds is 9. The zero-order valence-corrected chi connectivity index (χ0v) is 24.2. The van der Waals surface area contributed by atoms with E-state index in [9.17, 15) is 40.3 Å². The van der Waals surface area contributed by atoms with Crippen LogP contribution >= 0.6 is 11.6 Å². The van der Waals surface area contributed by atoms with E-state index in [-0.39, 0.29) is 53.8 Å². The number of benzene rings is 2. The third-order valence-corrected chi connectivity index (χ3v) is 7.89. The summed E-state index contributed by atoms with van der Waals surface area (Å²) in [4.78, 5) is 31.8. The fraction of sp³-hybridized carbons (Fsp3) is 0.483. The van der Waals surface area contributed by atoms with E-state index >= 15 is 0 Å². The first-order chi connectivity index (χ1) is 19.9. The van der Waals surface area contributed by atoms with Crippen molar-refractivity contribution >= 4 is 29.1 Å². The van der Waals surface area contributed by atoms with Gasteiger partial charge < -0.3 is 15.1 Å². The van der Waals surface area contributed by atoms with Crippen LogP contribution in [-0.2, 0) is 21.4 Å². The maximum atomic E-state index is 14.8. The van der Waals surface area contributed by atoms with Crippen LogP contribution < -0.4 is 5.32 Å². The molecule has 0 radical (unpaired) electrons. The number of amides is 2. The minimum absolute atomic E-state index is 0.00350. The largest absolute Gasteiger partial charge is 0.435 e. The van der Waals surface area contributed by atoms with Gasteiger partial charge in [0.15, 0.2) is 0 Å². The van der Waals surface area contributed by atoms with Gasteiger partial charge in [-0.25, -0.2) is 4.39 Å². The van der Waals surface area contributed by atoms with Crippen LogP contribution in [0.25, 0.3) is 0 Å². The van der Waals surface area contributed by atoms with Crippen LogP contribution in [0.3, 0.4) is 0 Å². The van der Waals surface area contributed by atoms with Crippen molar-refractivity contribution in [2.75, 3.05) is 13.1 Å². The Morgan fingerprint density at radius 2 is 1.81 bits per heavy atom. The molecule has 2 atom stereocenters. The summed E-state index contributed by atoms with van der Waals surface area (Å²) in [5.74, 6) is -1.66. The Balaban J connectivity index is 1.56. The maximum absolute atomic E-state index is 14.8. The van der Waals surface area contributed by atoms with Crippen LogP contribution in [-0.4, -0.2) is 47.7 Å². The molecule has 2 aliphatic rings. The number of nitrogens with zero attached hydrogens (tertiary/aromatic N) is 2. The Morgan fingerprint density at radius 3 is 2.37 bits per heavy atom. The molecular weight excluding hydrogens is 607 g/mol. The van der Waals surface area contributed by atoms with Gasteiger partial charge in [-0.15, -0.1) is 0 Å². The molecule has 2 amide bonds. The molecule has 14 heteroatoms. The van der Waals surface area contributed by atoms with E-state index in [0.717, 1.165) is 12.8 Å². The number of hydrogen-bond acceptors (Lipinski definition) is 4. The number of likely N-dealkylation sites (tertiary alicyclic amines) is 1. The summed E-state index contributed by atoms with van der Waals surface area (Å²) < 4.78 is 97.3. The molecule has 1 saturated heterocycles. The minimum atomic E-state index is -5.41. The quantitative estimate of drug-likeness (QED) is 0.181. The predicted octanol–water partition coefficient (Wildman–Crippen LogP) is 7.16. The minimum Gasteiger partial charge on any atom is -0.374 e. The van der Waals surface area contributed by atoms with Gasteiger partial charge in [-0.05, 0) is 74.4 Å². The van der Waals surface area contributed by atoms with Crippen molar-refractivity contribution < 1.29 is 45.2 Å². The molecule has 2 aromatic carbocycles. The van der Waals surface area contributed by atoms with Crippen LogP contribution in [0.1, 0.15) is 72.1 Å². The van der Waals surface area contributed by atoms with Gasteiger partial charge >= 0.3 is 12.4 Å². The third-order valence-electron chi connectivity index (χ3n) is 7.61. The molecule has 1 saturated carbocycles. The van der Waals surface area contributed by atoms with E-state index in [0.29, 0.717) is 31.5 Å². The number of carbonyl (C=O) groups is 2. The number of carbonyl (C=O) groups excluding carboxylic acids is 2. The Labute approximate surface area is 248 Å². The van der Waals surface area contributed by atoms with Crippen molar-refractivity contribution in [3.63, 3.8) is 0 Å². The summed E-state index contributed by atoms with van der Waals surface area (Å²) >= 11 is 5.53. The summed E-state index contributed by atoms with van der Waals surface area (Å²) in [5.41, 5.74) is -5.75. The molecule has 1 unspecified atom stereocenters. The first-order valence-electron chi connectivity index (χ1n) is 13.5. The SMILES string of the molecule is CC/C(=N\OC(C)(c1cc(C(F)(F)F)cc(Cl)c1F)C(F)(F)F)c1ccc(C(=O)N[C@H]2CC(=O)N(CC3CC3)C2)c(C)c1. The molecule has 1 aliphatic carbocycles. The summed E-state index contributed by atoms with van der Waals surface area (Å²) in [6, 6.07) is 4.19. The first-order valence-corrected chi connectivity index (χ1v) is 13.9. The average Bonchev–Trinajstić information content (AvgIpc) is 3.66. The van der Waals surface area contributed by atoms with Gasteiger partial charge in [0.2, 0.25) is 5.91 Å². The molecule has 0 aromatic heterocycles. The van der Waals surface area contributed by atoms with Gasteiger partial charge in [0, 0.05) is 30.6 Å². The predicted molar refractivity (Wildman–Crippen MR) is 144 cm³/mol. The van der Waals surface area contributed by atoms with Crippen molar-refractivity contribution in [3.8, 4) is 0 Å². The van der Waals surface area contributed by atoms with Crippen LogP contribution in [0.15, 0.2) is 35.5 Å². The number of oxime groups is 1. The highest BCUT2D eigenvalue weighted by molar-refractivity contribution is 6.30. The number of nitrogens with one attached hydrogen (secondary N) is 1. The van der Waals surface area contributed by atoms with Crippen LogP contribution in [0, 0.1) is 18.7 Å². The fourth-order valence-electron chi connectivity index (χ4n) is 4.84. The van der Waals surface area contributed by atoms with E-state index < -0.39 is 45.8 Å². The molecule has 0 spiro atoms. The Bertz CT molecular complexity index is 1440. The molecule has 1 aliphatic heterocycles. The zero-order chi connectivity index (χ0) is 31.9. The Morgan fingerprint density at radius 1 is 1.14 bits per heavy atom. The van der Waals surface area contributed by atoms with E-state index in [2.05, 4.69) is 10.5 Å². The second-order valence-corrected chi connectivity index (χ2v) is 11.4. The lowest BCUT2D eigenvalue weighted by Gasteiger charge is -2.31. The number of halogens is 8. The molecule has 1 heterocycles. The molecule has 2 aromatic rings. The number of hydrogen-bond donors (Lipinski definition) is 1. The first kappa shape index (κ1) is 32.6. The summed E-state index contributed by atoms with van der Waals surface area (Å²) in [6.45, 7) is 4.61. The lowest BCUT2D eigenvalue weighted by molar-refractivity contribution is -0.279. The zero-order valence-electron chi connectivity index (χ0n) is 23.4. The normalized spacial score (nSPS) is 19.4. The maximum Gasteiger partial charge on any atom is 0.435 e. The molecule has 1 N–H and O–H groups in total. The smallest absolute Gasteiger partial charge is 0.374 e.